The molecule has 0 saturated carbocycles. The second kappa shape index (κ2) is 7.49. The lowest BCUT2D eigenvalue weighted by Crippen LogP contribution is -2.43. The molecule has 1 amide bonds. The topological polar surface area (TPSA) is 66.8 Å². The van der Waals surface area contributed by atoms with Crippen molar-refractivity contribution < 1.29 is 19.4 Å². The molecule has 5 nitrogen and oxygen atoms in total. The molecule has 0 radical (unpaired) electrons. The van der Waals surface area contributed by atoms with Crippen LogP contribution in [0.1, 0.15) is 56.8 Å². The first-order chi connectivity index (χ1) is 10.6. The van der Waals surface area contributed by atoms with Crippen LogP contribution in [0.3, 0.4) is 0 Å². The number of hydrogen-bond acceptors (Lipinski definition) is 3. The van der Waals surface area contributed by atoms with Crippen molar-refractivity contribution in [2.45, 2.75) is 59.6 Å². The van der Waals surface area contributed by atoms with Crippen molar-refractivity contribution in [3.8, 4) is 0 Å². The van der Waals surface area contributed by atoms with Gasteiger partial charge in [-0.3, -0.25) is 4.90 Å². The van der Waals surface area contributed by atoms with E-state index in [9.17, 15) is 14.7 Å². The highest BCUT2D eigenvalue weighted by atomic mass is 16.6. The molecule has 1 rings (SSSR count). The number of amides is 1. The number of rotatable bonds is 5. The number of carboxylic acids is 1. The van der Waals surface area contributed by atoms with Crippen molar-refractivity contribution in [2.24, 2.45) is 0 Å². The average Bonchev–Trinajstić information content (AvgIpc) is 2.38. The van der Waals surface area contributed by atoms with E-state index in [-0.39, 0.29) is 0 Å². The van der Waals surface area contributed by atoms with Crippen molar-refractivity contribution >= 4 is 12.1 Å². The largest absolute Gasteiger partial charge is 0.479 e. The van der Waals surface area contributed by atoms with Crippen LogP contribution in [0.25, 0.3) is 0 Å². The van der Waals surface area contributed by atoms with Gasteiger partial charge in [-0.25, -0.2) is 9.59 Å². The van der Waals surface area contributed by atoms with Crippen LogP contribution < -0.4 is 0 Å². The normalized spacial score (nSPS) is 12.6. The maximum Gasteiger partial charge on any atom is 0.411 e. The molecule has 0 fully saturated rings. The monoisotopic (exact) mass is 321 g/mol. The number of hydrogen-bond donors (Lipinski definition) is 1. The molecular weight excluding hydrogens is 294 g/mol. The lowest BCUT2D eigenvalue weighted by atomic mass is 9.95. The first kappa shape index (κ1) is 19.0. The van der Waals surface area contributed by atoms with E-state index < -0.39 is 23.7 Å². The van der Waals surface area contributed by atoms with Crippen LogP contribution in [0.2, 0.25) is 0 Å². The molecule has 23 heavy (non-hydrogen) atoms. The summed E-state index contributed by atoms with van der Waals surface area (Å²) in [6, 6.07) is 4.55. The predicted octanol–water partition coefficient (Wildman–Crippen LogP) is 4.08. The second-order valence-electron chi connectivity index (χ2n) is 6.72. The number of aliphatic carboxylic acids is 1. The smallest absolute Gasteiger partial charge is 0.411 e. The summed E-state index contributed by atoms with van der Waals surface area (Å²) < 4.78 is 5.41. The second-order valence-corrected chi connectivity index (χ2v) is 6.72. The molecule has 1 atom stereocenters. The molecular formula is C18H27NO4. The molecule has 1 N–H and O–H groups in total. The van der Waals surface area contributed by atoms with Gasteiger partial charge in [-0.05, 0) is 57.7 Å². The lowest BCUT2D eigenvalue weighted by molar-refractivity contribution is -0.143. The Hall–Kier alpha value is -2.04. The predicted molar refractivity (Wildman–Crippen MR) is 89.5 cm³/mol. The fourth-order valence-electron chi connectivity index (χ4n) is 2.56. The Kier molecular flexibility index (Phi) is 6.19. The Balaban J connectivity index is 3.33. The Morgan fingerprint density at radius 2 is 1.74 bits per heavy atom. The number of benzene rings is 1. The van der Waals surface area contributed by atoms with E-state index in [1.165, 1.54) is 4.90 Å². The minimum Gasteiger partial charge on any atom is -0.479 e. The molecule has 0 bridgehead atoms. The minimum atomic E-state index is -1.05. The molecule has 1 unspecified atom stereocenters. The Morgan fingerprint density at radius 3 is 2.13 bits per heavy atom. The van der Waals surface area contributed by atoms with Gasteiger partial charge in [-0.15, -0.1) is 0 Å². The molecule has 1 aromatic rings. The fourth-order valence-corrected chi connectivity index (χ4v) is 2.56. The summed E-state index contributed by atoms with van der Waals surface area (Å²) in [5, 5.41) is 9.77. The van der Waals surface area contributed by atoms with E-state index in [2.05, 4.69) is 0 Å². The summed E-state index contributed by atoms with van der Waals surface area (Å²) in [4.78, 5) is 25.8. The minimum absolute atomic E-state index is 0.319. The standard InChI is InChI=1S/C18H27NO4/c1-7-11-19(17(22)23-18(4,5)6)15(16(20)21)14-12(2)9-8-10-13(14)3/h8-10,15H,7,11H2,1-6H3,(H,20,21). The number of carbonyl (C=O) groups is 2. The van der Waals surface area contributed by atoms with E-state index in [0.717, 1.165) is 11.1 Å². The highest BCUT2D eigenvalue weighted by molar-refractivity contribution is 5.82. The molecule has 0 saturated heterocycles. The summed E-state index contributed by atoms with van der Waals surface area (Å²) >= 11 is 0. The van der Waals surface area contributed by atoms with Gasteiger partial charge in [0.05, 0.1) is 0 Å². The van der Waals surface area contributed by atoms with Crippen LogP contribution in [-0.4, -0.2) is 34.2 Å². The average molecular weight is 321 g/mol. The van der Waals surface area contributed by atoms with Crippen molar-refractivity contribution in [1.29, 1.82) is 0 Å². The van der Waals surface area contributed by atoms with Gasteiger partial charge in [0.2, 0.25) is 0 Å². The van der Waals surface area contributed by atoms with E-state index >= 15 is 0 Å². The Bertz CT molecular complexity index is 555. The van der Waals surface area contributed by atoms with Crippen LogP contribution in [0.15, 0.2) is 18.2 Å². The molecule has 0 spiro atoms. The third-order valence-electron chi connectivity index (χ3n) is 3.45. The summed E-state index contributed by atoms with van der Waals surface area (Å²) in [5.74, 6) is -1.05. The number of nitrogens with zero attached hydrogens (tertiary/aromatic N) is 1. The van der Waals surface area contributed by atoms with E-state index in [4.69, 9.17) is 4.74 Å². The summed E-state index contributed by atoms with van der Waals surface area (Å²) in [6.45, 7) is 11.2. The number of carbonyl (C=O) groups excluding carboxylic acids is 1. The summed E-state index contributed by atoms with van der Waals surface area (Å²) in [7, 11) is 0. The van der Waals surface area contributed by atoms with Gasteiger partial charge in [0.1, 0.15) is 5.60 Å². The molecule has 0 aliphatic carbocycles. The Labute approximate surface area is 138 Å². The first-order valence-electron chi connectivity index (χ1n) is 7.87. The zero-order valence-corrected chi connectivity index (χ0v) is 14.8. The molecule has 0 aromatic heterocycles. The third kappa shape index (κ3) is 4.98. The summed E-state index contributed by atoms with van der Waals surface area (Å²) in [5.41, 5.74) is 1.68. The van der Waals surface area contributed by atoms with Crippen molar-refractivity contribution in [1.82, 2.24) is 4.90 Å². The third-order valence-corrected chi connectivity index (χ3v) is 3.45. The van der Waals surface area contributed by atoms with Gasteiger partial charge in [-0.2, -0.15) is 0 Å². The van der Waals surface area contributed by atoms with Crippen LogP contribution in [0, 0.1) is 13.8 Å². The van der Waals surface area contributed by atoms with Gasteiger partial charge < -0.3 is 9.84 Å². The zero-order chi connectivity index (χ0) is 17.8. The van der Waals surface area contributed by atoms with Crippen LogP contribution in [-0.2, 0) is 9.53 Å². The highest BCUT2D eigenvalue weighted by Gasteiger charge is 2.35. The van der Waals surface area contributed by atoms with Crippen molar-refractivity contribution in [3.05, 3.63) is 34.9 Å². The lowest BCUT2D eigenvalue weighted by Gasteiger charge is -2.32. The number of aryl methyl sites for hydroxylation is 2. The van der Waals surface area contributed by atoms with Gasteiger partial charge in [0.15, 0.2) is 6.04 Å². The van der Waals surface area contributed by atoms with Gasteiger partial charge >= 0.3 is 12.1 Å². The molecule has 0 aliphatic rings. The maximum atomic E-state index is 12.5. The van der Waals surface area contributed by atoms with Crippen LogP contribution in [0.4, 0.5) is 4.79 Å². The maximum absolute atomic E-state index is 12.5. The molecule has 0 heterocycles. The molecule has 0 aliphatic heterocycles. The van der Waals surface area contributed by atoms with Crippen LogP contribution >= 0.6 is 0 Å². The highest BCUT2D eigenvalue weighted by Crippen LogP contribution is 2.29. The van der Waals surface area contributed by atoms with Gasteiger partial charge in [0.25, 0.3) is 0 Å². The molecule has 1 aromatic carbocycles. The number of carboxylic acid groups (broad SMARTS) is 1. The van der Waals surface area contributed by atoms with Crippen molar-refractivity contribution in [2.75, 3.05) is 6.54 Å². The Morgan fingerprint density at radius 1 is 1.22 bits per heavy atom. The van der Waals surface area contributed by atoms with E-state index in [1.807, 2.05) is 39.0 Å². The van der Waals surface area contributed by atoms with Crippen LogP contribution in [0.5, 0.6) is 0 Å². The fraction of sp³-hybridized carbons (Fsp3) is 0.556. The first-order valence-corrected chi connectivity index (χ1v) is 7.87. The van der Waals surface area contributed by atoms with Gasteiger partial charge in [0, 0.05) is 6.54 Å². The SMILES string of the molecule is CCCN(C(=O)OC(C)(C)C)C(C(=O)O)c1c(C)cccc1C. The van der Waals surface area contributed by atoms with E-state index in [0.29, 0.717) is 18.5 Å². The molecule has 5 heteroatoms. The van der Waals surface area contributed by atoms with Crippen molar-refractivity contribution in [3.63, 3.8) is 0 Å². The molecule has 128 valence electrons. The summed E-state index contributed by atoms with van der Waals surface area (Å²) in [6.07, 6.45) is 0.0444. The number of ether oxygens (including phenoxy) is 1. The quantitative estimate of drug-likeness (QED) is 0.887. The van der Waals surface area contributed by atoms with E-state index in [1.54, 1.807) is 20.8 Å². The zero-order valence-electron chi connectivity index (χ0n) is 14.8. The van der Waals surface area contributed by atoms with Gasteiger partial charge in [-0.1, -0.05) is 25.1 Å².